The summed E-state index contributed by atoms with van der Waals surface area (Å²) in [5.74, 6) is 0.817. The SMILES string of the molecule is O=C1CCN=C(NCc2ccccc2)N1Cc1cccs1. The van der Waals surface area contributed by atoms with Crippen molar-refractivity contribution in [2.45, 2.75) is 19.5 Å². The fourth-order valence-corrected chi connectivity index (χ4v) is 2.94. The highest BCUT2D eigenvalue weighted by atomic mass is 32.1. The van der Waals surface area contributed by atoms with Gasteiger partial charge in [-0.25, -0.2) is 0 Å². The van der Waals surface area contributed by atoms with Crippen molar-refractivity contribution >= 4 is 23.2 Å². The molecule has 0 unspecified atom stereocenters. The smallest absolute Gasteiger partial charge is 0.231 e. The van der Waals surface area contributed by atoms with Crippen LogP contribution in [0.4, 0.5) is 0 Å². The summed E-state index contributed by atoms with van der Waals surface area (Å²) in [6, 6.07) is 14.2. The van der Waals surface area contributed by atoms with E-state index in [1.165, 1.54) is 10.4 Å². The van der Waals surface area contributed by atoms with Crippen LogP contribution in [0.25, 0.3) is 0 Å². The number of rotatable bonds is 4. The van der Waals surface area contributed by atoms with Gasteiger partial charge in [-0.15, -0.1) is 11.3 Å². The Bertz CT molecular complexity index is 622. The van der Waals surface area contributed by atoms with Crippen molar-refractivity contribution < 1.29 is 4.79 Å². The number of hydrogen-bond acceptors (Lipinski definition) is 4. The summed E-state index contributed by atoms with van der Waals surface area (Å²) in [7, 11) is 0. The zero-order valence-electron chi connectivity index (χ0n) is 11.7. The molecule has 2 heterocycles. The van der Waals surface area contributed by atoms with Crippen LogP contribution in [0.5, 0.6) is 0 Å². The molecule has 0 bridgehead atoms. The highest BCUT2D eigenvalue weighted by Gasteiger charge is 2.23. The van der Waals surface area contributed by atoms with Crippen LogP contribution in [0.2, 0.25) is 0 Å². The molecule has 0 saturated heterocycles. The topological polar surface area (TPSA) is 44.7 Å². The van der Waals surface area contributed by atoms with Crippen molar-refractivity contribution in [3.8, 4) is 0 Å². The number of nitrogens with zero attached hydrogens (tertiary/aromatic N) is 2. The molecule has 0 saturated carbocycles. The van der Waals surface area contributed by atoms with Crippen LogP contribution in [0, 0.1) is 0 Å². The summed E-state index contributed by atoms with van der Waals surface area (Å²) in [5.41, 5.74) is 1.18. The molecule has 1 aliphatic rings. The van der Waals surface area contributed by atoms with Gasteiger partial charge in [-0.3, -0.25) is 14.7 Å². The molecule has 108 valence electrons. The third-order valence-electron chi connectivity index (χ3n) is 3.33. The second kappa shape index (κ2) is 6.54. The average molecular weight is 299 g/mol. The number of carbonyl (C=O) groups excluding carboxylic acids is 1. The lowest BCUT2D eigenvalue weighted by Crippen LogP contribution is -2.46. The summed E-state index contributed by atoms with van der Waals surface area (Å²) in [5, 5.41) is 5.32. The minimum absolute atomic E-state index is 0.133. The highest BCUT2D eigenvalue weighted by molar-refractivity contribution is 7.09. The number of carbonyl (C=O) groups is 1. The van der Waals surface area contributed by atoms with Gasteiger partial charge in [-0.2, -0.15) is 0 Å². The molecule has 0 atom stereocenters. The molecule has 4 nitrogen and oxygen atoms in total. The number of nitrogens with one attached hydrogen (secondary N) is 1. The summed E-state index contributed by atoms with van der Waals surface area (Å²) < 4.78 is 0. The van der Waals surface area contributed by atoms with Crippen molar-refractivity contribution in [3.63, 3.8) is 0 Å². The maximum atomic E-state index is 12.2. The van der Waals surface area contributed by atoms with Gasteiger partial charge in [0.25, 0.3) is 0 Å². The molecule has 0 fully saturated rings. The van der Waals surface area contributed by atoms with E-state index in [-0.39, 0.29) is 5.91 Å². The van der Waals surface area contributed by atoms with Crippen LogP contribution in [0.15, 0.2) is 52.8 Å². The van der Waals surface area contributed by atoms with Gasteiger partial charge in [-0.1, -0.05) is 36.4 Å². The predicted molar refractivity (Wildman–Crippen MR) is 85.1 cm³/mol. The Labute approximate surface area is 128 Å². The predicted octanol–water partition coefficient (Wildman–Crippen LogP) is 2.63. The molecule has 3 rings (SSSR count). The lowest BCUT2D eigenvalue weighted by molar-refractivity contribution is -0.128. The first kappa shape index (κ1) is 13.8. The molecule has 0 spiro atoms. The lowest BCUT2D eigenvalue weighted by Gasteiger charge is -2.27. The summed E-state index contributed by atoms with van der Waals surface area (Å²) in [6.07, 6.45) is 0.488. The van der Waals surface area contributed by atoms with E-state index in [0.717, 1.165) is 0 Å². The number of aliphatic imine (C=N–C) groups is 1. The van der Waals surface area contributed by atoms with Crippen LogP contribution in [0.3, 0.4) is 0 Å². The summed E-state index contributed by atoms with van der Waals surface area (Å²) in [6.45, 7) is 1.84. The number of amides is 1. The minimum atomic E-state index is 0.133. The third-order valence-corrected chi connectivity index (χ3v) is 4.19. The molecule has 1 aliphatic heterocycles. The van der Waals surface area contributed by atoms with Crippen molar-refractivity contribution in [2.24, 2.45) is 4.99 Å². The van der Waals surface area contributed by atoms with Crippen LogP contribution >= 0.6 is 11.3 Å². The molecule has 1 aromatic heterocycles. The monoisotopic (exact) mass is 299 g/mol. The number of benzene rings is 1. The molecule has 21 heavy (non-hydrogen) atoms. The normalized spacial score (nSPS) is 15.0. The summed E-state index contributed by atoms with van der Waals surface area (Å²) in [4.78, 5) is 19.5. The Balaban J connectivity index is 1.69. The van der Waals surface area contributed by atoms with E-state index in [9.17, 15) is 4.79 Å². The number of guanidine groups is 1. The maximum absolute atomic E-state index is 12.2. The van der Waals surface area contributed by atoms with Crippen molar-refractivity contribution in [2.75, 3.05) is 6.54 Å². The second-order valence-electron chi connectivity index (χ2n) is 4.85. The second-order valence-corrected chi connectivity index (χ2v) is 5.89. The van der Waals surface area contributed by atoms with Crippen LogP contribution < -0.4 is 5.32 Å². The van der Waals surface area contributed by atoms with Crippen LogP contribution in [-0.2, 0) is 17.9 Å². The number of thiophene rings is 1. The minimum Gasteiger partial charge on any atom is -0.352 e. The zero-order chi connectivity index (χ0) is 14.5. The van der Waals surface area contributed by atoms with Crippen LogP contribution in [-0.4, -0.2) is 23.3 Å². The van der Waals surface area contributed by atoms with E-state index >= 15 is 0 Å². The first-order valence-electron chi connectivity index (χ1n) is 6.98. The van der Waals surface area contributed by atoms with E-state index in [0.29, 0.717) is 32.0 Å². The zero-order valence-corrected chi connectivity index (χ0v) is 12.5. The van der Waals surface area contributed by atoms with Gasteiger partial charge in [0.05, 0.1) is 13.1 Å². The Hall–Kier alpha value is -2.14. The Morgan fingerprint density at radius 3 is 2.81 bits per heavy atom. The standard InChI is InChI=1S/C16H17N3OS/c20-15-8-9-17-16(18-11-13-5-2-1-3-6-13)19(15)12-14-7-4-10-21-14/h1-7,10H,8-9,11-12H2,(H,17,18). The largest absolute Gasteiger partial charge is 0.352 e. The van der Waals surface area contributed by atoms with Crippen LogP contribution in [0.1, 0.15) is 16.9 Å². The van der Waals surface area contributed by atoms with E-state index in [2.05, 4.69) is 22.4 Å². The molecular weight excluding hydrogens is 282 g/mol. The first-order chi connectivity index (χ1) is 10.3. The molecule has 1 aromatic carbocycles. The summed E-state index contributed by atoms with van der Waals surface area (Å²) >= 11 is 1.66. The molecule has 2 aromatic rings. The Morgan fingerprint density at radius 2 is 2.05 bits per heavy atom. The van der Waals surface area contributed by atoms with E-state index in [1.54, 1.807) is 16.2 Å². The van der Waals surface area contributed by atoms with E-state index < -0.39 is 0 Å². The fraction of sp³-hybridized carbons (Fsp3) is 0.250. The van der Waals surface area contributed by atoms with E-state index in [1.807, 2.05) is 35.7 Å². The molecule has 5 heteroatoms. The lowest BCUT2D eigenvalue weighted by atomic mass is 10.2. The fourth-order valence-electron chi connectivity index (χ4n) is 2.25. The quantitative estimate of drug-likeness (QED) is 0.943. The molecular formula is C16H17N3OS. The number of hydrogen-bond donors (Lipinski definition) is 1. The van der Waals surface area contributed by atoms with Crippen molar-refractivity contribution in [3.05, 3.63) is 58.3 Å². The molecule has 0 radical (unpaired) electrons. The molecule has 1 amide bonds. The van der Waals surface area contributed by atoms with Gasteiger partial charge in [0.2, 0.25) is 11.9 Å². The molecule has 1 N–H and O–H groups in total. The molecule has 0 aliphatic carbocycles. The first-order valence-corrected chi connectivity index (χ1v) is 7.86. The van der Waals surface area contributed by atoms with Gasteiger partial charge in [0.15, 0.2) is 0 Å². The third kappa shape index (κ3) is 3.49. The Kier molecular flexibility index (Phi) is 4.31. The van der Waals surface area contributed by atoms with Gasteiger partial charge >= 0.3 is 0 Å². The van der Waals surface area contributed by atoms with Gasteiger partial charge < -0.3 is 5.32 Å². The highest BCUT2D eigenvalue weighted by Crippen LogP contribution is 2.15. The van der Waals surface area contributed by atoms with E-state index in [4.69, 9.17) is 0 Å². The van der Waals surface area contributed by atoms with Gasteiger partial charge in [0, 0.05) is 17.8 Å². The maximum Gasteiger partial charge on any atom is 0.231 e. The van der Waals surface area contributed by atoms with Gasteiger partial charge in [0.1, 0.15) is 0 Å². The van der Waals surface area contributed by atoms with Gasteiger partial charge in [-0.05, 0) is 17.0 Å². The average Bonchev–Trinajstić information content (AvgIpc) is 3.02. The Morgan fingerprint density at radius 1 is 1.19 bits per heavy atom. The van der Waals surface area contributed by atoms with Crippen molar-refractivity contribution in [1.29, 1.82) is 0 Å². The van der Waals surface area contributed by atoms with Crippen molar-refractivity contribution in [1.82, 2.24) is 10.2 Å².